The zero-order chi connectivity index (χ0) is 24.7. The number of benzene rings is 2. The Hall–Kier alpha value is -2.09. The number of aryl methyl sites for hydroxylation is 3. The number of hydrogen-bond acceptors (Lipinski definition) is 1. The number of nitrogens with zero attached hydrogens (tertiary/aromatic N) is 2. The van der Waals surface area contributed by atoms with E-state index in [0.29, 0.717) is 0 Å². The summed E-state index contributed by atoms with van der Waals surface area (Å²) in [4.78, 5) is 5.03. The number of para-hydroxylation sites is 2. The SMILES string of the molecule is CCCCCCCCCCCCCCCCCCn1c(-c2ccc(C)cc2C)nc2ccccc21. The third-order valence-electron chi connectivity index (χ3n) is 7.51. The Balaban J connectivity index is 1.32. The Labute approximate surface area is 215 Å². The quantitative estimate of drug-likeness (QED) is 0.168. The Morgan fingerprint density at radius 3 is 1.74 bits per heavy atom. The van der Waals surface area contributed by atoms with E-state index in [1.54, 1.807) is 0 Å². The second-order valence-corrected chi connectivity index (χ2v) is 10.7. The topological polar surface area (TPSA) is 17.8 Å². The van der Waals surface area contributed by atoms with Gasteiger partial charge in [-0.25, -0.2) is 4.98 Å². The van der Waals surface area contributed by atoms with Crippen molar-refractivity contribution in [2.45, 2.75) is 130 Å². The lowest BCUT2D eigenvalue weighted by molar-refractivity contribution is 0.523. The molecule has 2 heteroatoms. The first-order valence-corrected chi connectivity index (χ1v) is 14.7. The Bertz CT molecular complexity index is 984. The smallest absolute Gasteiger partial charge is 0.141 e. The maximum Gasteiger partial charge on any atom is 0.141 e. The first-order chi connectivity index (χ1) is 17.2. The van der Waals surface area contributed by atoms with Crippen LogP contribution >= 0.6 is 0 Å². The second kappa shape index (κ2) is 15.8. The molecule has 0 atom stereocenters. The molecule has 2 aromatic carbocycles. The van der Waals surface area contributed by atoms with Crippen molar-refractivity contribution in [2.24, 2.45) is 0 Å². The Morgan fingerprint density at radius 1 is 0.629 bits per heavy atom. The largest absolute Gasteiger partial charge is 0.324 e. The molecule has 0 N–H and O–H groups in total. The van der Waals surface area contributed by atoms with Crippen LogP contribution < -0.4 is 0 Å². The maximum absolute atomic E-state index is 5.03. The second-order valence-electron chi connectivity index (χ2n) is 10.7. The summed E-state index contributed by atoms with van der Waals surface area (Å²) in [5.74, 6) is 1.13. The zero-order valence-electron chi connectivity index (χ0n) is 23.0. The highest BCUT2D eigenvalue weighted by atomic mass is 15.1. The van der Waals surface area contributed by atoms with Gasteiger partial charge in [-0.1, -0.05) is 139 Å². The van der Waals surface area contributed by atoms with Gasteiger partial charge in [0, 0.05) is 12.1 Å². The summed E-state index contributed by atoms with van der Waals surface area (Å²) in [6, 6.07) is 15.3. The molecule has 35 heavy (non-hydrogen) atoms. The van der Waals surface area contributed by atoms with E-state index in [2.05, 4.69) is 67.8 Å². The van der Waals surface area contributed by atoms with Gasteiger partial charge in [0.05, 0.1) is 11.0 Å². The minimum Gasteiger partial charge on any atom is -0.324 e. The number of aromatic nitrogens is 2. The summed E-state index contributed by atoms with van der Waals surface area (Å²) < 4.78 is 2.46. The number of fused-ring (bicyclic) bond motifs is 1. The molecular formula is C33H50N2. The predicted molar refractivity (Wildman–Crippen MR) is 154 cm³/mol. The van der Waals surface area contributed by atoms with Crippen LogP contribution in [0.2, 0.25) is 0 Å². The normalized spacial score (nSPS) is 11.5. The maximum atomic E-state index is 5.03. The molecular weight excluding hydrogens is 424 g/mol. The van der Waals surface area contributed by atoms with E-state index in [9.17, 15) is 0 Å². The number of imidazole rings is 1. The van der Waals surface area contributed by atoms with Gasteiger partial charge in [0.25, 0.3) is 0 Å². The van der Waals surface area contributed by atoms with Gasteiger partial charge in [-0.05, 0) is 38.0 Å². The van der Waals surface area contributed by atoms with E-state index in [4.69, 9.17) is 4.98 Å². The fourth-order valence-corrected chi connectivity index (χ4v) is 5.39. The molecule has 1 aromatic heterocycles. The lowest BCUT2D eigenvalue weighted by Crippen LogP contribution is -2.02. The molecule has 0 aliphatic heterocycles. The molecule has 0 amide bonds. The first-order valence-electron chi connectivity index (χ1n) is 14.7. The van der Waals surface area contributed by atoms with Gasteiger partial charge in [0.2, 0.25) is 0 Å². The van der Waals surface area contributed by atoms with E-state index < -0.39 is 0 Å². The van der Waals surface area contributed by atoms with Crippen LogP contribution in [0.5, 0.6) is 0 Å². The fraction of sp³-hybridized carbons (Fsp3) is 0.606. The molecule has 0 saturated carbocycles. The molecule has 0 unspecified atom stereocenters. The average molecular weight is 475 g/mol. The van der Waals surface area contributed by atoms with Crippen LogP contribution in [0.15, 0.2) is 42.5 Å². The molecule has 2 nitrogen and oxygen atoms in total. The van der Waals surface area contributed by atoms with Gasteiger partial charge < -0.3 is 4.57 Å². The van der Waals surface area contributed by atoms with Crippen molar-refractivity contribution in [2.75, 3.05) is 0 Å². The summed E-state index contributed by atoms with van der Waals surface area (Å²) in [5.41, 5.74) is 6.27. The minimum absolute atomic E-state index is 1.06. The lowest BCUT2D eigenvalue weighted by Gasteiger charge is -2.12. The van der Waals surface area contributed by atoms with Gasteiger partial charge in [-0.3, -0.25) is 0 Å². The molecule has 3 aromatic rings. The van der Waals surface area contributed by atoms with Crippen LogP contribution in [0.4, 0.5) is 0 Å². The molecule has 0 fully saturated rings. The zero-order valence-corrected chi connectivity index (χ0v) is 23.0. The highest BCUT2D eigenvalue weighted by Gasteiger charge is 2.14. The number of hydrogen-bond donors (Lipinski definition) is 0. The Morgan fingerprint density at radius 2 is 1.17 bits per heavy atom. The number of unbranched alkanes of at least 4 members (excludes halogenated alkanes) is 15. The minimum atomic E-state index is 1.06. The molecule has 3 rings (SSSR count). The van der Waals surface area contributed by atoms with Gasteiger partial charge in [0.1, 0.15) is 5.82 Å². The lowest BCUT2D eigenvalue weighted by atomic mass is 10.0. The van der Waals surface area contributed by atoms with Gasteiger partial charge >= 0.3 is 0 Å². The van der Waals surface area contributed by atoms with Crippen molar-refractivity contribution >= 4 is 11.0 Å². The highest BCUT2D eigenvalue weighted by Crippen LogP contribution is 2.28. The van der Waals surface area contributed by atoms with Crippen molar-refractivity contribution in [3.63, 3.8) is 0 Å². The van der Waals surface area contributed by atoms with Crippen LogP contribution in [-0.2, 0) is 6.54 Å². The van der Waals surface area contributed by atoms with E-state index in [0.717, 1.165) is 17.9 Å². The molecule has 0 saturated heterocycles. The van der Waals surface area contributed by atoms with Crippen molar-refractivity contribution in [1.29, 1.82) is 0 Å². The van der Waals surface area contributed by atoms with E-state index in [1.807, 2.05) is 0 Å². The van der Waals surface area contributed by atoms with Gasteiger partial charge in [-0.2, -0.15) is 0 Å². The molecule has 0 aliphatic rings. The average Bonchev–Trinajstić information content (AvgIpc) is 3.22. The van der Waals surface area contributed by atoms with Crippen LogP contribution in [0.25, 0.3) is 22.4 Å². The van der Waals surface area contributed by atoms with Gasteiger partial charge in [-0.15, -0.1) is 0 Å². The molecule has 0 radical (unpaired) electrons. The van der Waals surface area contributed by atoms with Crippen LogP contribution in [0.1, 0.15) is 121 Å². The van der Waals surface area contributed by atoms with Crippen molar-refractivity contribution in [3.8, 4) is 11.4 Å². The summed E-state index contributed by atoms with van der Waals surface area (Å²) >= 11 is 0. The van der Waals surface area contributed by atoms with Crippen LogP contribution in [0.3, 0.4) is 0 Å². The summed E-state index contributed by atoms with van der Waals surface area (Å²) in [6.07, 6.45) is 22.6. The third-order valence-corrected chi connectivity index (χ3v) is 7.51. The standard InChI is InChI=1S/C33H50N2/c1-4-5-6-7-8-9-10-11-12-13-14-15-16-17-18-21-26-35-32-23-20-19-22-31(32)34-33(35)30-25-24-28(2)27-29(30)3/h19-20,22-25,27H,4-18,21,26H2,1-3H3. The summed E-state index contributed by atoms with van der Waals surface area (Å²) in [6.45, 7) is 7.73. The van der Waals surface area contributed by atoms with Crippen molar-refractivity contribution < 1.29 is 0 Å². The molecule has 1 heterocycles. The van der Waals surface area contributed by atoms with Crippen LogP contribution in [-0.4, -0.2) is 9.55 Å². The van der Waals surface area contributed by atoms with E-state index in [1.165, 1.54) is 125 Å². The third kappa shape index (κ3) is 9.13. The monoisotopic (exact) mass is 474 g/mol. The molecule has 0 spiro atoms. The number of rotatable bonds is 18. The summed E-state index contributed by atoms with van der Waals surface area (Å²) in [7, 11) is 0. The molecule has 192 valence electrons. The first kappa shape index (κ1) is 27.5. The van der Waals surface area contributed by atoms with Crippen molar-refractivity contribution in [3.05, 3.63) is 53.6 Å². The van der Waals surface area contributed by atoms with Crippen LogP contribution in [0, 0.1) is 13.8 Å². The Kier molecular flexibility index (Phi) is 12.4. The van der Waals surface area contributed by atoms with E-state index >= 15 is 0 Å². The molecule has 0 bridgehead atoms. The summed E-state index contributed by atoms with van der Waals surface area (Å²) in [5, 5.41) is 0. The van der Waals surface area contributed by atoms with E-state index in [-0.39, 0.29) is 0 Å². The highest BCUT2D eigenvalue weighted by molar-refractivity contribution is 5.81. The molecule has 0 aliphatic carbocycles. The van der Waals surface area contributed by atoms with Gasteiger partial charge in [0.15, 0.2) is 0 Å². The van der Waals surface area contributed by atoms with Crippen molar-refractivity contribution in [1.82, 2.24) is 9.55 Å². The predicted octanol–water partition coefficient (Wildman–Crippen LogP) is 10.6. The fourth-order valence-electron chi connectivity index (χ4n) is 5.39.